The van der Waals surface area contributed by atoms with Gasteiger partial charge >= 0.3 is 0 Å². The van der Waals surface area contributed by atoms with Crippen LogP contribution in [0.5, 0.6) is 0 Å². The normalized spacial score (nSPS) is 14.0. The van der Waals surface area contributed by atoms with Gasteiger partial charge in [0.05, 0.1) is 18.8 Å². The minimum atomic E-state index is -1.09. The van der Waals surface area contributed by atoms with Crippen LogP contribution in [0.3, 0.4) is 0 Å². The topological polar surface area (TPSA) is 89.8 Å². The van der Waals surface area contributed by atoms with Gasteiger partial charge in [0.25, 0.3) is 0 Å². The molecular formula is C35H69NO4. The van der Waals surface area contributed by atoms with E-state index in [0.717, 1.165) is 32.1 Å². The second-order valence-electron chi connectivity index (χ2n) is 12.1. The predicted octanol–water partition coefficient (Wildman–Crippen LogP) is 8.92. The molecule has 0 aromatic heterocycles. The Bertz CT molecular complexity index is 554. The number of hydrogen-bond acceptors (Lipinski definition) is 4. The van der Waals surface area contributed by atoms with Crippen molar-refractivity contribution >= 4 is 5.91 Å². The summed E-state index contributed by atoms with van der Waals surface area (Å²) in [5.41, 5.74) is 0. The van der Waals surface area contributed by atoms with Crippen molar-refractivity contribution in [2.75, 3.05) is 6.61 Å². The second kappa shape index (κ2) is 31.0. The summed E-state index contributed by atoms with van der Waals surface area (Å²) < 4.78 is 0. The van der Waals surface area contributed by atoms with E-state index < -0.39 is 24.2 Å². The van der Waals surface area contributed by atoms with Crippen molar-refractivity contribution in [3.05, 3.63) is 12.2 Å². The first-order valence-electron chi connectivity index (χ1n) is 17.5. The number of unbranched alkanes of at least 4 members (excludes halogenated alkanes) is 23. The summed E-state index contributed by atoms with van der Waals surface area (Å²) in [6.45, 7) is 4.13. The summed E-state index contributed by atoms with van der Waals surface area (Å²) >= 11 is 0. The Kier molecular flexibility index (Phi) is 30.3. The maximum absolute atomic E-state index is 12.3. The molecule has 5 heteroatoms. The summed E-state index contributed by atoms with van der Waals surface area (Å²) in [6.07, 6.45) is 33.8. The lowest BCUT2D eigenvalue weighted by molar-refractivity contribution is -0.131. The quantitative estimate of drug-likeness (QED) is 0.0497. The summed E-state index contributed by atoms with van der Waals surface area (Å²) in [5, 5.41) is 32.8. The van der Waals surface area contributed by atoms with Crippen molar-refractivity contribution in [1.82, 2.24) is 5.32 Å². The Morgan fingerprint density at radius 3 is 1.38 bits per heavy atom. The number of amides is 1. The summed E-state index contributed by atoms with van der Waals surface area (Å²) in [5.74, 6) is -0.507. The van der Waals surface area contributed by atoms with Gasteiger partial charge in [-0.2, -0.15) is 0 Å². The first kappa shape index (κ1) is 39.1. The molecule has 0 spiro atoms. The molecule has 0 aromatic rings. The molecule has 3 unspecified atom stereocenters. The van der Waals surface area contributed by atoms with E-state index in [1.54, 1.807) is 6.08 Å². The Balaban J connectivity index is 3.70. The van der Waals surface area contributed by atoms with Crippen LogP contribution in [0.25, 0.3) is 0 Å². The highest BCUT2D eigenvalue weighted by molar-refractivity contribution is 5.80. The van der Waals surface area contributed by atoms with Crippen LogP contribution >= 0.6 is 0 Å². The van der Waals surface area contributed by atoms with Crippen LogP contribution in [0.4, 0.5) is 0 Å². The van der Waals surface area contributed by atoms with Crippen molar-refractivity contribution < 1.29 is 20.1 Å². The number of aliphatic hydroxyl groups is 3. The lowest BCUT2D eigenvalue weighted by Crippen LogP contribution is -2.48. The summed E-state index contributed by atoms with van der Waals surface area (Å²) in [7, 11) is 0. The molecule has 0 saturated carbocycles. The molecule has 5 nitrogen and oxygen atoms in total. The molecule has 0 bridgehead atoms. The first-order chi connectivity index (χ1) is 19.6. The lowest BCUT2D eigenvalue weighted by Gasteiger charge is -2.21. The van der Waals surface area contributed by atoms with Crippen molar-refractivity contribution in [3.8, 4) is 0 Å². The number of hydrogen-bond donors (Lipinski definition) is 4. The zero-order valence-electron chi connectivity index (χ0n) is 26.7. The standard InChI is InChI=1S/C35H69NO4/c1-3-5-7-9-11-13-14-15-16-17-18-19-20-21-22-24-25-27-29-33(38)32(31-37)36-35(40)34(39)30-28-26-23-12-10-8-6-4-2/h27,29,32-34,37-39H,3-26,28,30-31H2,1-2H3,(H,36,40)/b29-27+. The average Bonchev–Trinajstić information content (AvgIpc) is 2.96. The molecule has 0 radical (unpaired) electrons. The van der Waals surface area contributed by atoms with Crippen molar-refractivity contribution in [3.63, 3.8) is 0 Å². The lowest BCUT2D eigenvalue weighted by atomic mass is 10.0. The maximum atomic E-state index is 12.3. The van der Waals surface area contributed by atoms with Crippen LogP contribution in [0.1, 0.15) is 181 Å². The van der Waals surface area contributed by atoms with Gasteiger partial charge in [-0.1, -0.05) is 174 Å². The second-order valence-corrected chi connectivity index (χ2v) is 12.1. The summed E-state index contributed by atoms with van der Waals surface area (Å²) in [4.78, 5) is 12.3. The molecule has 0 aliphatic rings. The highest BCUT2D eigenvalue weighted by Crippen LogP contribution is 2.15. The Labute approximate surface area is 249 Å². The number of aliphatic hydroxyl groups excluding tert-OH is 3. The van der Waals surface area contributed by atoms with Gasteiger partial charge in [0.15, 0.2) is 0 Å². The highest BCUT2D eigenvalue weighted by atomic mass is 16.3. The number of carbonyl (C=O) groups is 1. The Hall–Kier alpha value is -0.910. The van der Waals surface area contributed by atoms with Crippen molar-refractivity contribution in [2.45, 2.75) is 199 Å². The van der Waals surface area contributed by atoms with Crippen LogP contribution in [-0.2, 0) is 4.79 Å². The van der Waals surface area contributed by atoms with E-state index in [-0.39, 0.29) is 6.61 Å². The zero-order valence-corrected chi connectivity index (χ0v) is 26.7. The third-order valence-corrected chi connectivity index (χ3v) is 8.13. The van der Waals surface area contributed by atoms with Gasteiger partial charge in [0, 0.05) is 0 Å². The fourth-order valence-corrected chi connectivity index (χ4v) is 5.30. The van der Waals surface area contributed by atoms with Crippen LogP contribution in [0.15, 0.2) is 12.2 Å². The van der Waals surface area contributed by atoms with E-state index in [0.29, 0.717) is 6.42 Å². The molecule has 238 valence electrons. The molecule has 3 atom stereocenters. The number of carbonyl (C=O) groups excluding carboxylic acids is 1. The van der Waals surface area contributed by atoms with Gasteiger partial charge in [-0.05, 0) is 19.3 Å². The third-order valence-electron chi connectivity index (χ3n) is 8.13. The van der Waals surface area contributed by atoms with Gasteiger partial charge in [0.1, 0.15) is 6.10 Å². The van der Waals surface area contributed by atoms with E-state index in [1.807, 2.05) is 6.08 Å². The van der Waals surface area contributed by atoms with E-state index in [2.05, 4.69) is 19.2 Å². The fraction of sp³-hybridized carbons (Fsp3) is 0.914. The van der Waals surface area contributed by atoms with Gasteiger partial charge in [-0.15, -0.1) is 0 Å². The number of rotatable bonds is 31. The molecule has 0 rings (SSSR count). The van der Waals surface area contributed by atoms with Crippen LogP contribution in [0.2, 0.25) is 0 Å². The van der Waals surface area contributed by atoms with Crippen LogP contribution < -0.4 is 5.32 Å². The van der Waals surface area contributed by atoms with Gasteiger partial charge in [-0.3, -0.25) is 4.79 Å². The number of nitrogens with one attached hydrogen (secondary N) is 1. The first-order valence-corrected chi connectivity index (χ1v) is 17.5. The maximum Gasteiger partial charge on any atom is 0.249 e. The molecule has 0 aromatic carbocycles. The van der Waals surface area contributed by atoms with Crippen LogP contribution in [-0.4, -0.2) is 46.1 Å². The molecule has 0 aliphatic carbocycles. The molecule has 4 N–H and O–H groups in total. The highest BCUT2D eigenvalue weighted by Gasteiger charge is 2.22. The Morgan fingerprint density at radius 2 is 0.975 bits per heavy atom. The molecule has 0 heterocycles. The molecular weight excluding hydrogens is 498 g/mol. The molecule has 0 aliphatic heterocycles. The summed E-state index contributed by atoms with van der Waals surface area (Å²) in [6, 6.07) is -0.789. The van der Waals surface area contributed by atoms with Crippen molar-refractivity contribution in [1.29, 1.82) is 0 Å². The van der Waals surface area contributed by atoms with Gasteiger partial charge in [0.2, 0.25) is 5.91 Å². The monoisotopic (exact) mass is 568 g/mol. The fourth-order valence-electron chi connectivity index (χ4n) is 5.30. The number of allylic oxidation sites excluding steroid dienone is 1. The van der Waals surface area contributed by atoms with Gasteiger partial charge < -0.3 is 20.6 Å². The largest absolute Gasteiger partial charge is 0.394 e. The molecule has 0 saturated heterocycles. The Morgan fingerprint density at radius 1 is 0.600 bits per heavy atom. The SMILES string of the molecule is CCCCCCCCCCCCCCCCCC/C=C/C(O)C(CO)NC(=O)C(O)CCCCCCCCCC. The third kappa shape index (κ3) is 26.0. The van der Waals surface area contributed by atoms with E-state index >= 15 is 0 Å². The predicted molar refractivity (Wildman–Crippen MR) is 172 cm³/mol. The van der Waals surface area contributed by atoms with Gasteiger partial charge in [-0.25, -0.2) is 0 Å². The minimum absolute atomic E-state index is 0.360. The average molecular weight is 568 g/mol. The molecule has 40 heavy (non-hydrogen) atoms. The minimum Gasteiger partial charge on any atom is -0.394 e. The zero-order chi connectivity index (χ0) is 29.5. The molecule has 1 amide bonds. The van der Waals surface area contributed by atoms with Crippen LogP contribution in [0, 0.1) is 0 Å². The van der Waals surface area contributed by atoms with Crippen molar-refractivity contribution in [2.24, 2.45) is 0 Å². The molecule has 0 fully saturated rings. The van der Waals surface area contributed by atoms with E-state index in [1.165, 1.54) is 128 Å². The van der Waals surface area contributed by atoms with E-state index in [4.69, 9.17) is 0 Å². The smallest absolute Gasteiger partial charge is 0.249 e. The van der Waals surface area contributed by atoms with E-state index in [9.17, 15) is 20.1 Å².